The smallest absolute Gasteiger partial charge is 0.242 e. The summed E-state index contributed by atoms with van der Waals surface area (Å²) in [4.78, 5) is 4.04. The Morgan fingerprint density at radius 2 is 2.35 bits per heavy atom. The molecule has 2 rings (SSSR count). The molecule has 0 saturated carbocycles. The third-order valence-electron chi connectivity index (χ3n) is 2.74. The van der Waals surface area contributed by atoms with Crippen molar-refractivity contribution in [3.8, 4) is 11.8 Å². The van der Waals surface area contributed by atoms with Crippen LogP contribution in [0, 0.1) is 11.8 Å². The molecule has 1 fully saturated rings. The van der Waals surface area contributed by atoms with E-state index in [2.05, 4.69) is 21.5 Å². The topological polar surface area (TPSA) is 79.3 Å². The molecular weight excluding hydrogens is 296 g/mol. The Kier molecular flexibility index (Phi) is 5.43. The molecular formula is C13H16N2O3S2. The molecule has 1 unspecified atom stereocenters. The Labute approximate surface area is 123 Å². The van der Waals surface area contributed by atoms with E-state index in [1.807, 2.05) is 0 Å². The second kappa shape index (κ2) is 7.09. The Bertz CT molecular complexity index is 614. The molecule has 20 heavy (non-hydrogen) atoms. The van der Waals surface area contributed by atoms with Gasteiger partial charge in [-0.1, -0.05) is 11.8 Å². The number of pyridine rings is 1. The van der Waals surface area contributed by atoms with Gasteiger partial charge in [-0.25, -0.2) is 13.1 Å². The van der Waals surface area contributed by atoms with E-state index in [-0.39, 0.29) is 17.5 Å². The minimum absolute atomic E-state index is 0.00544. The Hall–Kier alpha value is -1.07. The second-order valence-corrected chi connectivity index (χ2v) is 7.23. The van der Waals surface area contributed by atoms with E-state index in [1.54, 1.807) is 11.8 Å². The van der Waals surface area contributed by atoms with Crippen molar-refractivity contribution in [1.82, 2.24) is 9.71 Å². The molecule has 5 nitrogen and oxygen atoms in total. The summed E-state index contributed by atoms with van der Waals surface area (Å²) in [5, 5.41) is 8.66. The van der Waals surface area contributed by atoms with Crippen molar-refractivity contribution in [3.63, 3.8) is 0 Å². The Balaban J connectivity index is 2.15. The van der Waals surface area contributed by atoms with Crippen LogP contribution in [-0.2, 0) is 10.0 Å². The molecule has 2 N–H and O–H groups in total. The number of nitrogens with one attached hydrogen (secondary N) is 1. The van der Waals surface area contributed by atoms with Crippen LogP contribution in [0.15, 0.2) is 23.4 Å². The number of hydrogen-bond donors (Lipinski definition) is 2. The van der Waals surface area contributed by atoms with Crippen LogP contribution in [0.2, 0.25) is 0 Å². The fourth-order valence-corrected chi connectivity index (χ4v) is 4.29. The maximum atomic E-state index is 12.2. The molecule has 1 aliphatic rings. The molecule has 1 aliphatic heterocycles. The fourth-order valence-electron chi connectivity index (χ4n) is 1.77. The van der Waals surface area contributed by atoms with Crippen LogP contribution in [0.4, 0.5) is 0 Å². The highest BCUT2D eigenvalue weighted by atomic mass is 32.2. The first-order valence-electron chi connectivity index (χ1n) is 6.26. The molecule has 1 aromatic heterocycles. The molecule has 0 bridgehead atoms. The molecule has 7 heteroatoms. The lowest BCUT2D eigenvalue weighted by Crippen LogP contribution is -2.34. The third kappa shape index (κ3) is 4.21. The normalized spacial score (nSPS) is 18.6. The summed E-state index contributed by atoms with van der Waals surface area (Å²) in [6.07, 6.45) is 4.04. The van der Waals surface area contributed by atoms with Gasteiger partial charge in [-0.15, -0.1) is 0 Å². The maximum absolute atomic E-state index is 12.2. The predicted molar refractivity (Wildman–Crippen MR) is 78.9 cm³/mol. The molecule has 1 atom stereocenters. The molecule has 2 heterocycles. The van der Waals surface area contributed by atoms with Gasteiger partial charge in [0.25, 0.3) is 0 Å². The summed E-state index contributed by atoms with van der Waals surface area (Å²) in [5.41, 5.74) is 0.530. The van der Waals surface area contributed by atoms with E-state index in [0.717, 1.165) is 17.9 Å². The minimum atomic E-state index is -3.54. The van der Waals surface area contributed by atoms with Gasteiger partial charge in [-0.05, 0) is 18.2 Å². The summed E-state index contributed by atoms with van der Waals surface area (Å²) in [6.45, 7) is -0.0146. The highest BCUT2D eigenvalue weighted by Crippen LogP contribution is 2.19. The van der Waals surface area contributed by atoms with Gasteiger partial charge >= 0.3 is 0 Å². The van der Waals surface area contributed by atoms with E-state index >= 15 is 0 Å². The number of aliphatic hydroxyl groups is 1. The van der Waals surface area contributed by atoms with Crippen molar-refractivity contribution < 1.29 is 13.5 Å². The zero-order chi connectivity index (χ0) is 14.4. The molecule has 0 amide bonds. The number of thioether (sulfide) groups is 1. The molecule has 108 valence electrons. The summed E-state index contributed by atoms with van der Waals surface area (Å²) >= 11 is 1.75. The highest BCUT2D eigenvalue weighted by Gasteiger charge is 2.23. The largest absolute Gasteiger partial charge is 0.395 e. The number of nitrogens with zero attached hydrogens (tertiary/aromatic N) is 1. The Morgan fingerprint density at radius 1 is 1.50 bits per heavy atom. The van der Waals surface area contributed by atoms with Gasteiger partial charge in [0.2, 0.25) is 10.0 Å². The lowest BCUT2D eigenvalue weighted by molar-refractivity contribution is 0.305. The molecule has 0 radical (unpaired) electrons. The first-order chi connectivity index (χ1) is 9.62. The van der Waals surface area contributed by atoms with Crippen LogP contribution >= 0.6 is 11.8 Å². The number of rotatable bonds is 4. The zero-order valence-corrected chi connectivity index (χ0v) is 12.5. The van der Waals surface area contributed by atoms with Crippen molar-refractivity contribution in [2.45, 2.75) is 23.8 Å². The third-order valence-corrected chi connectivity index (χ3v) is 5.39. The quantitative estimate of drug-likeness (QED) is 0.796. The molecule has 0 aliphatic carbocycles. The van der Waals surface area contributed by atoms with Gasteiger partial charge in [0.05, 0.1) is 6.61 Å². The van der Waals surface area contributed by atoms with E-state index in [0.29, 0.717) is 12.0 Å². The van der Waals surface area contributed by atoms with E-state index in [4.69, 9.17) is 5.11 Å². The van der Waals surface area contributed by atoms with Crippen LogP contribution in [0.25, 0.3) is 0 Å². The number of aromatic nitrogens is 1. The van der Waals surface area contributed by atoms with Crippen molar-refractivity contribution >= 4 is 21.8 Å². The lowest BCUT2D eigenvalue weighted by atomic mass is 10.3. The van der Waals surface area contributed by atoms with Crippen molar-refractivity contribution in [3.05, 3.63) is 24.0 Å². The predicted octanol–water partition coefficient (Wildman–Crippen LogP) is 0.599. The van der Waals surface area contributed by atoms with Gasteiger partial charge in [0.1, 0.15) is 4.90 Å². The molecule has 1 saturated heterocycles. The monoisotopic (exact) mass is 312 g/mol. The average molecular weight is 312 g/mol. The van der Waals surface area contributed by atoms with Gasteiger partial charge in [0, 0.05) is 36.2 Å². The van der Waals surface area contributed by atoms with E-state index in [9.17, 15) is 8.42 Å². The van der Waals surface area contributed by atoms with Crippen LogP contribution < -0.4 is 4.72 Å². The van der Waals surface area contributed by atoms with Gasteiger partial charge in [-0.2, -0.15) is 11.8 Å². The zero-order valence-electron chi connectivity index (χ0n) is 10.9. The Morgan fingerprint density at radius 3 is 3.05 bits per heavy atom. The van der Waals surface area contributed by atoms with Crippen molar-refractivity contribution in [2.24, 2.45) is 0 Å². The highest BCUT2D eigenvalue weighted by molar-refractivity contribution is 7.99. The van der Waals surface area contributed by atoms with Crippen LogP contribution in [-0.4, -0.2) is 42.7 Å². The fraction of sp³-hybridized carbons (Fsp3) is 0.462. The molecule has 0 aromatic carbocycles. The van der Waals surface area contributed by atoms with Crippen LogP contribution in [0.3, 0.4) is 0 Å². The summed E-state index contributed by atoms with van der Waals surface area (Å²) < 4.78 is 27.1. The first-order valence-corrected chi connectivity index (χ1v) is 8.90. The maximum Gasteiger partial charge on any atom is 0.242 e. The van der Waals surface area contributed by atoms with Crippen molar-refractivity contribution in [2.75, 3.05) is 18.1 Å². The van der Waals surface area contributed by atoms with Gasteiger partial charge in [-0.3, -0.25) is 4.98 Å². The van der Waals surface area contributed by atoms with Crippen LogP contribution in [0.5, 0.6) is 0 Å². The molecule has 0 spiro atoms. The average Bonchev–Trinajstić information content (AvgIpc) is 2.92. The number of sulfonamides is 1. The minimum Gasteiger partial charge on any atom is -0.395 e. The summed E-state index contributed by atoms with van der Waals surface area (Å²) in [6, 6.07) is 1.50. The first kappa shape index (κ1) is 15.3. The van der Waals surface area contributed by atoms with Gasteiger partial charge in [0.15, 0.2) is 0 Å². The standard InChI is InChI=1S/C13H16N2O3S2/c16-5-2-1-3-11-7-13(9-14-8-11)20(17,18)15-12-4-6-19-10-12/h7-9,12,15-16H,2,4-6,10H2. The van der Waals surface area contributed by atoms with Gasteiger partial charge < -0.3 is 5.11 Å². The summed E-state index contributed by atoms with van der Waals surface area (Å²) in [7, 11) is -3.54. The SMILES string of the molecule is O=S(=O)(NC1CCSC1)c1cncc(C#CCCO)c1. The van der Waals surface area contributed by atoms with Crippen molar-refractivity contribution in [1.29, 1.82) is 0 Å². The number of hydrogen-bond acceptors (Lipinski definition) is 5. The molecule has 1 aromatic rings. The lowest BCUT2D eigenvalue weighted by Gasteiger charge is -2.11. The number of aliphatic hydroxyl groups excluding tert-OH is 1. The summed E-state index contributed by atoms with van der Waals surface area (Å²) in [5.74, 6) is 7.32. The van der Waals surface area contributed by atoms with E-state index < -0.39 is 10.0 Å². The van der Waals surface area contributed by atoms with E-state index in [1.165, 1.54) is 18.5 Å². The second-order valence-electron chi connectivity index (χ2n) is 4.37. The van der Waals surface area contributed by atoms with Crippen LogP contribution in [0.1, 0.15) is 18.4 Å².